The van der Waals surface area contributed by atoms with Crippen LogP contribution in [0.4, 0.5) is 0 Å². The fourth-order valence-electron chi connectivity index (χ4n) is 2.86. The maximum Gasteiger partial charge on any atom is 0.121 e. The minimum Gasteiger partial charge on any atom is -0.349 e. The van der Waals surface area contributed by atoms with Gasteiger partial charge >= 0.3 is 0 Å². The molecule has 0 spiro atoms. The third-order valence-corrected chi connectivity index (χ3v) is 4.32. The lowest BCUT2D eigenvalue weighted by atomic mass is 9.90. The summed E-state index contributed by atoms with van der Waals surface area (Å²) < 4.78 is 0. The number of hydrogen-bond donors (Lipinski definition) is 1. The van der Waals surface area contributed by atoms with E-state index in [2.05, 4.69) is 57.5 Å². The molecular weight excluding hydrogens is 256 g/mol. The Bertz CT molecular complexity index is 727. The van der Waals surface area contributed by atoms with Crippen LogP contribution in [0.5, 0.6) is 0 Å². The van der Waals surface area contributed by atoms with Gasteiger partial charge in [0.1, 0.15) is 11.8 Å². The second kappa shape index (κ2) is 6.01. The molecule has 0 saturated heterocycles. The second-order valence-corrected chi connectivity index (χ2v) is 5.47. The van der Waals surface area contributed by atoms with Crippen LogP contribution in [0.2, 0.25) is 0 Å². The smallest absolute Gasteiger partial charge is 0.121 e. The SMILES string of the molecule is C=CCc1c(C#N)[nH]c(CC)c1-c1ccc(C)c(C)c1C. The van der Waals surface area contributed by atoms with Crippen molar-refractivity contribution in [2.24, 2.45) is 0 Å². The van der Waals surface area contributed by atoms with Crippen LogP contribution in [0.1, 0.15) is 40.6 Å². The van der Waals surface area contributed by atoms with E-state index in [0.717, 1.165) is 17.7 Å². The van der Waals surface area contributed by atoms with Crippen LogP contribution in [0.15, 0.2) is 24.8 Å². The lowest BCUT2D eigenvalue weighted by Crippen LogP contribution is -1.95. The summed E-state index contributed by atoms with van der Waals surface area (Å²) in [6.07, 6.45) is 3.46. The average Bonchev–Trinajstić information content (AvgIpc) is 2.83. The van der Waals surface area contributed by atoms with Crippen molar-refractivity contribution in [2.75, 3.05) is 0 Å². The van der Waals surface area contributed by atoms with Gasteiger partial charge in [0.25, 0.3) is 0 Å². The van der Waals surface area contributed by atoms with Crippen molar-refractivity contribution in [2.45, 2.75) is 40.5 Å². The van der Waals surface area contributed by atoms with E-state index < -0.39 is 0 Å². The van der Waals surface area contributed by atoms with Gasteiger partial charge in [-0.1, -0.05) is 25.1 Å². The molecule has 1 aromatic heterocycles. The molecule has 0 fully saturated rings. The monoisotopic (exact) mass is 278 g/mol. The molecule has 2 nitrogen and oxygen atoms in total. The third kappa shape index (κ3) is 2.52. The molecule has 1 heterocycles. The van der Waals surface area contributed by atoms with E-state index in [1.807, 2.05) is 6.08 Å². The molecule has 0 bridgehead atoms. The number of aromatic nitrogens is 1. The molecule has 0 radical (unpaired) electrons. The quantitative estimate of drug-likeness (QED) is 0.804. The molecule has 2 heteroatoms. The van der Waals surface area contributed by atoms with Crippen LogP contribution in [0.3, 0.4) is 0 Å². The van der Waals surface area contributed by atoms with Crippen LogP contribution in [-0.2, 0) is 12.8 Å². The van der Waals surface area contributed by atoms with Gasteiger partial charge in [-0.05, 0) is 61.4 Å². The largest absolute Gasteiger partial charge is 0.349 e. The van der Waals surface area contributed by atoms with Gasteiger partial charge in [-0.15, -0.1) is 6.58 Å². The summed E-state index contributed by atoms with van der Waals surface area (Å²) in [7, 11) is 0. The lowest BCUT2D eigenvalue weighted by molar-refractivity contribution is 1.06. The number of benzene rings is 1. The predicted molar refractivity (Wildman–Crippen MR) is 88.4 cm³/mol. The van der Waals surface area contributed by atoms with E-state index in [4.69, 9.17) is 0 Å². The molecule has 0 unspecified atom stereocenters. The number of aryl methyl sites for hydroxylation is 2. The summed E-state index contributed by atoms with van der Waals surface area (Å²) in [6, 6.07) is 6.62. The summed E-state index contributed by atoms with van der Waals surface area (Å²) in [5.74, 6) is 0. The maximum absolute atomic E-state index is 9.38. The van der Waals surface area contributed by atoms with E-state index in [0.29, 0.717) is 12.1 Å². The zero-order valence-electron chi connectivity index (χ0n) is 13.3. The van der Waals surface area contributed by atoms with Gasteiger partial charge in [0.05, 0.1) is 0 Å². The highest BCUT2D eigenvalue weighted by atomic mass is 14.7. The Hall–Kier alpha value is -2.27. The maximum atomic E-state index is 9.38. The van der Waals surface area contributed by atoms with Gasteiger partial charge in [-0.3, -0.25) is 0 Å². The van der Waals surface area contributed by atoms with E-state index in [9.17, 15) is 5.26 Å². The summed E-state index contributed by atoms with van der Waals surface area (Å²) >= 11 is 0. The van der Waals surface area contributed by atoms with Crippen LogP contribution in [-0.4, -0.2) is 4.98 Å². The zero-order chi connectivity index (χ0) is 15.6. The first-order valence-electron chi connectivity index (χ1n) is 7.37. The van der Waals surface area contributed by atoms with Crippen LogP contribution >= 0.6 is 0 Å². The third-order valence-electron chi connectivity index (χ3n) is 4.32. The molecule has 1 N–H and O–H groups in total. The first-order valence-corrected chi connectivity index (χ1v) is 7.37. The molecule has 0 aliphatic heterocycles. The molecule has 0 atom stereocenters. The molecule has 108 valence electrons. The van der Waals surface area contributed by atoms with E-state index in [1.165, 1.54) is 27.8 Å². The van der Waals surface area contributed by atoms with Gasteiger partial charge in [-0.2, -0.15) is 5.26 Å². The van der Waals surface area contributed by atoms with Gasteiger partial charge in [0, 0.05) is 11.3 Å². The van der Waals surface area contributed by atoms with Gasteiger partial charge < -0.3 is 4.98 Å². The highest BCUT2D eigenvalue weighted by Crippen LogP contribution is 2.35. The highest BCUT2D eigenvalue weighted by Gasteiger charge is 2.19. The Labute approximate surface area is 127 Å². The Balaban J connectivity index is 2.79. The van der Waals surface area contributed by atoms with E-state index in [1.54, 1.807) is 0 Å². The first kappa shape index (κ1) is 15.1. The molecule has 0 aliphatic rings. The van der Waals surface area contributed by atoms with Crippen LogP contribution in [0.25, 0.3) is 11.1 Å². The second-order valence-electron chi connectivity index (χ2n) is 5.47. The molecule has 1 aromatic carbocycles. The average molecular weight is 278 g/mol. The number of nitriles is 1. The minimum atomic E-state index is 0.666. The van der Waals surface area contributed by atoms with Crippen molar-refractivity contribution in [1.82, 2.24) is 4.98 Å². The van der Waals surface area contributed by atoms with Crippen molar-refractivity contribution in [3.05, 3.63) is 58.4 Å². The van der Waals surface area contributed by atoms with Gasteiger partial charge in [-0.25, -0.2) is 0 Å². The van der Waals surface area contributed by atoms with Crippen LogP contribution in [0, 0.1) is 32.1 Å². The fraction of sp³-hybridized carbons (Fsp3) is 0.316. The van der Waals surface area contributed by atoms with E-state index in [-0.39, 0.29) is 0 Å². The Morgan fingerprint density at radius 3 is 2.52 bits per heavy atom. The molecule has 2 rings (SSSR count). The topological polar surface area (TPSA) is 39.6 Å². The molecule has 0 aliphatic carbocycles. The first-order chi connectivity index (χ1) is 10.0. The Kier molecular flexibility index (Phi) is 4.33. The van der Waals surface area contributed by atoms with Crippen molar-refractivity contribution in [3.8, 4) is 17.2 Å². The Morgan fingerprint density at radius 2 is 1.95 bits per heavy atom. The molecule has 2 aromatic rings. The highest BCUT2D eigenvalue weighted by molar-refractivity contribution is 5.77. The summed E-state index contributed by atoms with van der Waals surface area (Å²) in [4.78, 5) is 3.29. The number of aromatic amines is 1. The molecule has 0 amide bonds. The predicted octanol–water partition coefficient (Wildman–Crippen LogP) is 4.77. The van der Waals surface area contributed by atoms with Crippen molar-refractivity contribution >= 4 is 0 Å². The summed E-state index contributed by atoms with van der Waals surface area (Å²) in [5, 5.41) is 9.38. The molecule has 0 saturated carbocycles. The van der Waals surface area contributed by atoms with E-state index >= 15 is 0 Å². The number of nitrogens with zero attached hydrogens (tertiary/aromatic N) is 1. The van der Waals surface area contributed by atoms with Crippen molar-refractivity contribution < 1.29 is 0 Å². The molecular formula is C19H22N2. The lowest BCUT2D eigenvalue weighted by Gasteiger charge is -2.13. The number of H-pyrrole nitrogens is 1. The normalized spacial score (nSPS) is 10.4. The number of rotatable bonds is 4. The minimum absolute atomic E-state index is 0.666. The van der Waals surface area contributed by atoms with Gasteiger partial charge in [0.15, 0.2) is 0 Å². The Morgan fingerprint density at radius 1 is 1.24 bits per heavy atom. The fourth-order valence-corrected chi connectivity index (χ4v) is 2.86. The van der Waals surface area contributed by atoms with Crippen molar-refractivity contribution in [3.63, 3.8) is 0 Å². The molecule has 21 heavy (non-hydrogen) atoms. The number of hydrogen-bond acceptors (Lipinski definition) is 1. The number of nitrogens with one attached hydrogen (secondary N) is 1. The standard InChI is InChI=1S/C19H22N2/c1-6-8-16-18(11-20)21-17(7-2)19(16)15-10-9-12(3)13(4)14(15)5/h6,9-10,21H,1,7-8H2,2-5H3. The van der Waals surface area contributed by atoms with Crippen LogP contribution < -0.4 is 0 Å². The summed E-state index contributed by atoms with van der Waals surface area (Å²) in [5.41, 5.74) is 9.19. The zero-order valence-corrected chi connectivity index (χ0v) is 13.3. The van der Waals surface area contributed by atoms with Crippen molar-refractivity contribution in [1.29, 1.82) is 5.26 Å². The summed E-state index contributed by atoms with van der Waals surface area (Å²) in [6.45, 7) is 12.4. The van der Waals surface area contributed by atoms with Gasteiger partial charge in [0.2, 0.25) is 0 Å². The number of allylic oxidation sites excluding steroid dienone is 1.